The van der Waals surface area contributed by atoms with Crippen LogP contribution in [-0.2, 0) is 0 Å². The monoisotopic (exact) mass is 331 g/mol. The molecule has 0 N–H and O–H groups in total. The lowest BCUT2D eigenvalue weighted by atomic mass is 9.98. The largest absolute Gasteiger partial charge is 0.357 e. The summed E-state index contributed by atoms with van der Waals surface area (Å²) in [6, 6.07) is 25.8. The molecule has 1 aliphatic heterocycles. The average molecular weight is 331 g/mol. The maximum absolute atomic E-state index is 13.0. The highest BCUT2D eigenvalue weighted by atomic mass is 32.2. The number of ketones is 1. The molecule has 1 atom stereocenters. The molecule has 3 heteroatoms. The summed E-state index contributed by atoms with van der Waals surface area (Å²) in [6.45, 7) is 0. The SMILES string of the molecule is CN1c2ccccc2SC1c1ccccc1C(=O)c1ccccc1. The molecule has 24 heavy (non-hydrogen) atoms. The summed E-state index contributed by atoms with van der Waals surface area (Å²) in [5.41, 5.74) is 3.79. The zero-order valence-corrected chi connectivity index (χ0v) is 14.2. The molecular weight excluding hydrogens is 314 g/mol. The molecule has 0 radical (unpaired) electrons. The number of benzene rings is 3. The number of thioether (sulfide) groups is 1. The van der Waals surface area contributed by atoms with Crippen LogP contribution in [0.25, 0.3) is 0 Å². The van der Waals surface area contributed by atoms with E-state index in [0.29, 0.717) is 0 Å². The van der Waals surface area contributed by atoms with Gasteiger partial charge in [-0.25, -0.2) is 0 Å². The third-order valence-corrected chi connectivity index (χ3v) is 5.74. The number of hydrogen-bond donors (Lipinski definition) is 0. The lowest BCUT2D eigenvalue weighted by molar-refractivity contribution is 0.103. The van der Waals surface area contributed by atoms with E-state index in [4.69, 9.17) is 0 Å². The molecule has 0 fully saturated rings. The maximum atomic E-state index is 13.0. The summed E-state index contributed by atoms with van der Waals surface area (Å²) < 4.78 is 0. The Bertz CT molecular complexity index is 891. The van der Waals surface area contributed by atoms with Crippen LogP contribution in [0.5, 0.6) is 0 Å². The Morgan fingerprint density at radius 3 is 2.33 bits per heavy atom. The molecule has 1 heterocycles. The summed E-state index contributed by atoms with van der Waals surface area (Å²) in [5, 5.41) is 0.117. The molecule has 1 unspecified atom stereocenters. The first-order valence-corrected chi connectivity index (χ1v) is 8.81. The molecule has 0 spiro atoms. The van der Waals surface area contributed by atoms with Gasteiger partial charge in [0, 0.05) is 23.1 Å². The van der Waals surface area contributed by atoms with E-state index in [-0.39, 0.29) is 11.2 Å². The molecular formula is C21H17NOS. The van der Waals surface area contributed by atoms with Gasteiger partial charge in [0.05, 0.1) is 5.69 Å². The van der Waals surface area contributed by atoms with Gasteiger partial charge >= 0.3 is 0 Å². The lowest BCUT2D eigenvalue weighted by Crippen LogP contribution is -2.19. The van der Waals surface area contributed by atoms with Gasteiger partial charge < -0.3 is 4.90 Å². The quantitative estimate of drug-likeness (QED) is 0.618. The fraction of sp³-hybridized carbons (Fsp3) is 0.0952. The van der Waals surface area contributed by atoms with Crippen LogP contribution in [0.4, 0.5) is 5.69 Å². The molecule has 3 aromatic rings. The summed E-state index contributed by atoms with van der Waals surface area (Å²) >= 11 is 1.80. The van der Waals surface area contributed by atoms with Crippen molar-refractivity contribution in [2.75, 3.05) is 11.9 Å². The first-order chi connectivity index (χ1) is 11.8. The topological polar surface area (TPSA) is 20.3 Å². The van der Waals surface area contributed by atoms with Gasteiger partial charge in [-0.1, -0.05) is 78.5 Å². The Balaban J connectivity index is 1.75. The van der Waals surface area contributed by atoms with Gasteiger partial charge in [-0.2, -0.15) is 0 Å². The predicted molar refractivity (Wildman–Crippen MR) is 99.8 cm³/mol. The Hall–Kier alpha value is -2.52. The lowest BCUT2D eigenvalue weighted by Gasteiger charge is -2.23. The smallest absolute Gasteiger partial charge is 0.193 e. The third-order valence-electron chi connectivity index (χ3n) is 4.34. The van der Waals surface area contributed by atoms with E-state index >= 15 is 0 Å². The van der Waals surface area contributed by atoms with Crippen LogP contribution in [0.3, 0.4) is 0 Å². The van der Waals surface area contributed by atoms with E-state index in [1.54, 1.807) is 11.8 Å². The average Bonchev–Trinajstić information content (AvgIpc) is 2.99. The molecule has 118 valence electrons. The molecule has 0 aliphatic carbocycles. The normalized spacial score (nSPS) is 16.0. The number of carbonyl (C=O) groups excluding carboxylic acids is 1. The van der Waals surface area contributed by atoms with Gasteiger partial charge in [-0.3, -0.25) is 4.79 Å². The molecule has 3 aromatic carbocycles. The molecule has 0 bridgehead atoms. The number of anilines is 1. The second-order valence-electron chi connectivity index (χ2n) is 5.83. The van der Waals surface area contributed by atoms with Gasteiger partial charge in [0.25, 0.3) is 0 Å². The van der Waals surface area contributed by atoms with Crippen molar-refractivity contribution in [1.29, 1.82) is 0 Å². The Kier molecular flexibility index (Phi) is 3.87. The van der Waals surface area contributed by atoms with Gasteiger partial charge in [0.1, 0.15) is 5.37 Å². The molecule has 2 nitrogen and oxygen atoms in total. The van der Waals surface area contributed by atoms with E-state index in [2.05, 4.69) is 42.3 Å². The van der Waals surface area contributed by atoms with E-state index < -0.39 is 0 Å². The van der Waals surface area contributed by atoms with E-state index in [1.165, 1.54) is 10.6 Å². The molecule has 0 saturated carbocycles. The first-order valence-electron chi connectivity index (χ1n) is 7.93. The zero-order chi connectivity index (χ0) is 16.5. The highest BCUT2D eigenvalue weighted by Crippen LogP contribution is 2.50. The van der Waals surface area contributed by atoms with Crippen molar-refractivity contribution >= 4 is 23.2 Å². The Labute approximate surface area is 146 Å². The Morgan fingerprint density at radius 1 is 0.875 bits per heavy atom. The van der Waals surface area contributed by atoms with Crippen LogP contribution in [0.15, 0.2) is 83.8 Å². The number of hydrogen-bond acceptors (Lipinski definition) is 3. The molecule has 4 rings (SSSR count). The van der Waals surface area contributed by atoms with Crippen molar-refractivity contribution in [2.24, 2.45) is 0 Å². The van der Waals surface area contributed by atoms with Crippen molar-refractivity contribution in [3.05, 3.63) is 95.6 Å². The fourth-order valence-corrected chi connectivity index (χ4v) is 4.44. The highest BCUT2D eigenvalue weighted by Gasteiger charge is 2.31. The number of fused-ring (bicyclic) bond motifs is 1. The first kappa shape index (κ1) is 15.0. The second kappa shape index (κ2) is 6.17. The van der Waals surface area contributed by atoms with Crippen molar-refractivity contribution in [3.8, 4) is 0 Å². The minimum atomic E-state index is 0.0798. The number of carbonyl (C=O) groups is 1. The third kappa shape index (κ3) is 2.51. The van der Waals surface area contributed by atoms with E-state index in [1.807, 2.05) is 48.5 Å². The van der Waals surface area contributed by atoms with Gasteiger partial charge in [0.15, 0.2) is 5.78 Å². The summed E-state index contributed by atoms with van der Waals surface area (Å²) in [6.07, 6.45) is 0. The van der Waals surface area contributed by atoms with E-state index in [0.717, 1.165) is 16.7 Å². The zero-order valence-electron chi connectivity index (χ0n) is 13.3. The summed E-state index contributed by atoms with van der Waals surface area (Å²) in [4.78, 5) is 16.5. The van der Waals surface area contributed by atoms with Gasteiger partial charge in [-0.05, 0) is 17.7 Å². The summed E-state index contributed by atoms with van der Waals surface area (Å²) in [5.74, 6) is 0.0798. The molecule has 0 amide bonds. The van der Waals surface area contributed by atoms with Crippen molar-refractivity contribution < 1.29 is 4.79 Å². The summed E-state index contributed by atoms with van der Waals surface area (Å²) in [7, 11) is 2.09. The molecule has 0 aromatic heterocycles. The molecule has 1 aliphatic rings. The minimum absolute atomic E-state index is 0.0798. The van der Waals surface area contributed by atoms with Crippen LogP contribution < -0.4 is 4.90 Å². The standard InChI is InChI=1S/C21H17NOS/c1-22-18-13-7-8-14-19(18)24-21(22)17-12-6-5-11-16(17)20(23)15-9-3-2-4-10-15/h2-14,21H,1H3. The molecule has 0 saturated heterocycles. The van der Waals surface area contributed by atoms with Crippen molar-refractivity contribution in [1.82, 2.24) is 0 Å². The van der Waals surface area contributed by atoms with Crippen LogP contribution in [0, 0.1) is 0 Å². The van der Waals surface area contributed by atoms with E-state index in [9.17, 15) is 4.79 Å². The van der Waals surface area contributed by atoms with Crippen LogP contribution in [-0.4, -0.2) is 12.8 Å². The predicted octanol–water partition coefficient (Wildman–Crippen LogP) is 5.16. The number of nitrogens with zero attached hydrogens (tertiary/aromatic N) is 1. The van der Waals surface area contributed by atoms with Crippen LogP contribution >= 0.6 is 11.8 Å². The van der Waals surface area contributed by atoms with Crippen molar-refractivity contribution in [2.45, 2.75) is 10.3 Å². The minimum Gasteiger partial charge on any atom is -0.357 e. The Morgan fingerprint density at radius 2 is 1.54 bits per heavy atom. The van der Waals surface area contributed by atoms with Crippen molar-refractivity contribution in [3.63, 3.8) is 0 Å². The fourth-order valence-electron chi connectivity index (χ4n) is 3.11. The van der Waals surface area contributed by atoms with Gasteiger partial charge in [-0.15, -0.1) is 0 Å². The van der Waals surface area contributed by atoms with Crippen LogP contribution in [0.1, 0.15) is 26.9 Å². The number of para-hydroxylation sites is 1. The van der Waals surface area contributed by atoms with Crippen LogP contribution in [0.2, 0.25) is 0 Å². The maximum Gasteiger partial charge on any atom is 0.193 e. The number of rotatable bonds is 3. The van der Waals surface area contributed by atoms with Gasteiger partial charge in [0.2, 0.25) is 0 Å². The highest BCUT2D eigenvalue weighted by molar-refractivity contribution is 8.00. The second-order valence-corrected chi connectivity index (χ2v) is 6.95.